The van der Waals surface area contributed by atoms with Gasteiger partial charge in [-0.3, -0.25) is 0 Å². The van der Waals surface area contributed by atoms with Crippen LogP contribution in [0.1, 0.15) is 19.4 Å². The van der Waals surface area contributed by atoms with Crippen molar-refractivity contribution >= 4 is 0 Å². The highest BCUT2D eigenvalue weighted by atomic mass is 19.2. The molecule has 1 nitrogen and oxygen atoms in total. The summed E-state index contributed by atoms with van der Waals surface area (Å²) in [7, 11) is 0. The van der Waals surface area contributed by atoms with E-state index in [-0.39, 0.29) is 5.56 Å². The topological polar surface area (TPSA) is 23.8 Å². The molecule has 0 radical (unpaired) electrons. The molecule has 0 fully saturated rings. The van der Waals surface area contributed by atoms with Crippen molar-refractivity contribution in [3.8, 4) is 6.07 Å². The van der Waals surface area contributed by atoms with Gasteiger partial charge in [0.2, 0.25) is 0 Å². The van der Waals surface area contributed by atoms with Gasteiger partial charge >= 0.3 is 0 Å². The minimum Gasteiger partial charge on any atom is -0.204 e. The quantitative estimate of drug-likeness (QED) is 0.638. The predicted molar refractivity (Wildman–Crippen MR) is 45.0 cm³/mol. The van der Waals surface area contributed by atoms with E-state index >= 15 is 0 Å². The van der Waals surface area contributed by atoms with E-state index in [2.05, 4.69) is 0 Å². The fourth-order valence-corrected chi connectivity index (χ4v) is 1.07. The molecule has 14 heavy (non-hydrogen) atoms. The van der Waals surface area contributed by atoms with Crippen LogP contribution in [-0.4, -0.2) is 0 Å². The Hall–Kier alpha value is -1.50. The van der Waals surface area contributed by atoms with Crippen molar-refractivity contribution in [3.63, 3.8) is 0 Å². The van der Waals surface area contributed by atoms with Crippen LogP contribution in [0.25, 0.3) is 0 Å². The van der Waals surface area contributed by atoms with Gasteiger partial charge in [-0.25, -0.2) is 13.2 Å². The normalized spacial score (nSPS) is 11.1. The Labute approximate surface area is 79.8 Å². The van der Waals surface area contributed by atoms with Crippen molar-refractivity contribution < 1.29 is 13.2 Å². The van der Waals surface area contributed by atoms with Crippen molar-refractivity contribution in [2.75, 3.05) is 0 Å². The molecule has 0 unspecified atom stereocenters. The van der Waals surface area contributed by atoms with Crippen LogP contribution in [0, 0.1) is 28.8 Å². The zero-order chi connectivity index (χ0) is 10.9. The van der Waals surface area contributed by atoms with Crippen LogP contribution in [0.3, 0.4) is 0 Å². The number of rotatable bonds is 1. The molecule has 0 aliphatic heterocycles. The van der Waals surface area contributed by atoms with Gasteiger partial charge in [-0.2, -0.15) is 5.26 Å². The van der Waals surface area contributed by atoms with Crippen molar-refractivity contribution in [3.05, 3.63) is 35.1 Å². The third kappa shape index (κ3) is 1.58. The van der Waals surface area contributed by atoms with E-state index in [0.29, 0.717) is 0 Å². The van der Waals surface area contributed by atoms with Gasteiger partial charge in [-0.1, -0.05) is 6.07 Å². The third-order valence-corrected chi connectivity index (χ3v) is 1.99. The molecule has 0 saturated carbocycles. The third-order valence-electron chi connectivity index (χ3n) is 1.99. The molecule has 0 N–H and O–H groups in total. The lowest BCUT2D eigenvalue weighted by molar-refractivity contribution is 0.431. The first kappa shape index (κ1) is 10.6. The molecule has 0 heterocycles. The van der Waals surface area contributed by atoms with Crippen LogP contribution in [0.2, 0.25) is 0 Å². The number of halogens is 3. The van der Waals surface area contributed by atoms with E-state index < -0.39 is 22.9 Å². The lowest BCUT2D eigenvalue weighted by Gasteiger charge is -2.16. The maximum Gasteiger partial charge on any atom is 0.194 e. The smallest absolute Gasteiger partial charge is 0.194 e. The highest BCUT2D eigenvalue weighted by Crippen LogP contribution is 2.27. The molecule has 0 saturated heterocycles. The van der Waals surface area contributed by atoms with Crippen molar-refractivity contribution in [2.24, 2.45) is 0 Å². The van der Waals surface area contributed by atoms with Crippen LogP contribution in [0.5, 0.6) is 0 Å². The number of benzene rings is 1. The Morgan fingerprint density at radius 1 is 1.14 bits per heavy atom. The fraction of sp³-hybridized carbons (Fsp3) is 0.300. The zero-order valence-electron chi connectivity index (χ0n) is 7.74. The molecule has 0 spiro atoms. The van der Waals surface area contributed by atoms with E-state index in [0.717, 1.165) is 12.1 Å². The summed E-state index contributed by atoms with van der Waals surface area (Å²) in [6, 6.07) is 3.71. The fourth-order valence-electron chi connectivity index (χ4n) is 1.07. The first-order chi connectivity index (χ1) is 6.40. The summed E-state index contributed by atoms with van der Waals surface area (Å²) in [4.78, 5) is 0. The number of hydrogen-bond acceptors (Lipinski definition) is 1. The minimum atomic E-state index is -1.54. The summed E-state index contributed by atoms with van der Waals surface area (Å²) >= 11 is 0. The molecular weight excluding hydrogens is 191 g/mol. The van der Waals surface area contributed by atoms with Gasteiger partial charge in [-0.05, 0) is 19.9 Å². The number of nitriles is 1. The van der Waals surface area contributed by atoms with Gasteiger partial charge in [-0.15, -0.1) is 0 Å². The largest absolute Gasteiger partial charge is 0.204 e. The molecule has 1 rings (SSSR count). The average molecular weight is 199 g/mol. The molecule has 1 aromatic rings. The molecule has 0 bridgehead atoms. The van der Waals surface area contributed by atoms with Gasteiger partial charge in [0, 0.05) is 5.56 Å². The van der Waals surface area contributed by atoms with Gasteiger partial charge in [0.1, 0.15) is 0 Å². The summed E-state index contributed by atoms with van der Waals surface area (Å²) < 4.78 is 38.5. The first-order valence-electron chi connectivity index (χ1n) is 3.95. The molecule has 1 aromatic carbocycles. The summed E-state index contributed by atoms with van der Waals surface area (Å²) in [6.45, 7) is 2.87. The maximum absolute atomic E-state index is 13.2. The number of nitrogens with zero attached hydrogens (tertiary/aromatic N) is 1. The second kappa shape index (κ2) is 3.33. The van der Waals surface area contributed by atoms with E-state index in [1.807, 2.05) is 6.07 Å². The first-order valence-corrected chi connectivity index (χ1v) is 3.95. The number of hydrogen-bond donors (Lipinski definition) is 0. The van der Waals surface area contributed by atoms with E-state index in [4.69, 9.17) is 5.26 Å². The molecule has 0 atom stereocenters. The molecule has 0 amide bonds. The Morgan fingerprint density at radius 3 is 2.21 bits per heavy atom. The van der Waals surface area contributed by atoms with Crippen molar-refractivity contribution in [2.45, 2.75) is 19.3 Å². The van der Waals surface area contributed by atoms with Crippen LogP contribution in [0.4, 0.5) is 13.2 Å². The monoisotopic (exact) mass is 199 g/mol. The van der Waals surface area contributed by atoms with Gasteiger partial charge < -0.3 is 0 Å². The van der Waals surface area contributed by atoms with E-state index in [1.165, 1.54) is 13.8 Å². The van der Waals surface area contributed by atoms with Gasteiger partial charge in [0.05, 0.1) is 11.5 Å². The van der Waals surface area contributed by atoms with Gasteiger partial charge in [0.15, 0.2) is 17.5 Å². The van der Waals surface area contributed by atoms with Crippen LogP contribution < -0.4 is 0 Å². The lowest BCUT2D eigenvalue weighted by Crippen LogP contribution is -2.17. The molecule has 0 aliphatic rings. The predicted octanol–water partition coefficient (Wildman–Crippen LogP) is 2.91. The second-order valence-corrected chi connectivity index (χ2v) is 3.46. The zero-order valence-corrected chi connectivity index (χ0v) is 7.74. The summed E-state index contributed by atoms with van der Waals surface area (Å²) in [5.41, 5.74) is -1.31. The highest BCUT2D eigenvalue weighted by molar-refractivity contribution is 5.32. The Bertz CT molecular complexity index is 405. The lowest BCUT2D eigenvalue weighted by atomic mass is 9.86. The minimum absolute atomic E-state index is 0.140. The summed E-state index contributed by atoms with van der Waals surface area (Å²) in [5.74, 6) is -4.08. The summed E-state index contributed by atoms with van der Waals surface area (Å²) in [5, 5.41) is 8.70. The Balaban J connectivity index is 3.41. The van der Waals surface area contributed by atoms with E-state index in [9.17, 15) is 13.2 Å². The molecular formula is C10H8F3N. The molecule has 0 aliphatic carbocycles. The average Bonchev–Trinajstić information content (AvgIpc) is 2.14. The Kier molecular flexibility index (Phi) is 2.52. The second-order valence-electron chi connectivity index (χ2n) is 3.46. The molecule has 74 valence electrons. The van der Waals surface area contributed by atoms with Gasteiger partial charge in [0.25, 0.3) is 0 Å². The van der Waals surface area contributed by atoms with Crippen LogP contribution in [-0.2, 0) is 5.41 Å². The van der Waals surface area contributed by atoms with Crippen LogP contribution >= 0.6 is 0 Å². The van der Waals surface area contributed by atoms with Crippen molar-refractivity contribution in [1.82, 2.24) is 0 Å². The Morgan fingerprint density at radius 2 is 1.71 bits per heavy atom. The molecule has 0 aromatic heterocycles. The molecule has 4 heteroatoms. The highest BCUT2D eigenvalue weighted by Gasteiger charge is 2.26. The van der Waals surface area contributed by atoms with Crippen LogP contribution in [0.15, 0.2) is 12.1 Å². The maximum atomic E-state index is 13.2. The van der Waals surface area contributed by atoms with E-state index in [1.54, 1.807) is 0 Å². The summed E-state index contributed by atoms with van der Waals surface area (Å²) in [6.07, 6.45) is 0. The van der Waals surface area contributed by atoms with Crippen molar-refractivity contribution in [1.29, 1.82) is 5.26 Å². The standard InChI is InChI=1S/C10H8F3N/c1-10(2,5-14)6-3-4-7(11)9(13)8(6)12/h3-4H,1-2H3. The SMILES string of the molecule is CC(C)(C#N)c1ccc(F)c(F)c1F.